The highest BCUT2D eigenvalue weighted by molar-refractivity contribution is 5.73. The molecule has 0 bridgehead atoms. The molecule has 118 valence electrons. The average molecular weight is 302 g/mol. The number of hydrogen-bond acceptors (Lipinski definition) is 3. The highest BCUT2D eigenvalue weighted by atomic mass is 16.3. The highest BCUT2D eigenvalue weighted by Gasteiger charge is 2.10. The van der Waals surface area contributed by atoms with Crippen LogP contribution in [0.5, 0.6) is 0 Å². The lowest BCUT2D eigenvalue weighted by molar-refractivity contribution is 0.163. The zero-order valence-electron chi connectivity index (χ0n) is 12.9. The second-order valence-corrected chi connectivity index (χ2v) is 5.32. The van der Waals surface area contributed by atoms with Crippen LogP contribution < -0.4 is 5.32 Å². The van der Waals surface area contributed by atoms with E-state index in [4.69, 9.17) is 0 Å². The Morgan fingerprint density at radius 2 is 2.23 bits per heavy atom. The minimum absolute atomic E-state index is 0.152. The summed E-state index contributed by atoms with van der Waals surface area (Å²) in [6, 6.07) is 7.71. The average Bonchev–Trinajstić information content (AvgIpc) is 3.04. The van der Waals surface area contributed by atoms with Gasteiger partial charge in [0.25, 0.3) is 0 Å². The Bertz CT molecular complexity index is 596. The summed E-state index contributed by atoms with van der Waals surface area (Å²) >= 11 is 0. The first-order valence-corrected chi connectivity index (χ1v) is 7.31. The summed E-state index contributed by atoms with van der Waals surface area (Å²) in [7, 11) is 1.72. The zero-order chi connectivity index (χ0) is 15.9. The molecule has 1 heterocycles. The Morgan fingerprint density at radius 3 is 2.91 bits per heavy atom. The fourth-order valence-electron chi connectivity index (χ4n) is 2.10. The fourth-order valence-corrected chi connectivity index (χ4v) is 2.10. The number of hydrogen-bond donors (Lipinski definition) is 2. The topological polar surface area (TPSA) is 70.4 Å². The molecule has 0 saturated carbocycles. The van der Waals surface area contributed by atoms with Gasteiger partial charge in [-0.25, -0.2) is 9.78 Å². The third-order valence-corrected chi connectivity index (χ3v) is 3.43. The summed E-state index contributed by atoms with van der Waals surface area (Å²) in [5.74, 6) is 0. The first-order chi connectivity index (χ1) is 10.6. The third-order valence-electron chi connectivity index (χ3n) is 3.43. The maximum atomic E-state index is 12.0. The van der Waals surface area contributed by atoms with Gasteiger partial charge in [0.2, 0.25) is 0 Å². The van der Waals surface area contributed by atoms with E-state index in [9.17, 15) is 9.90 Å². The minimum atomic E-state index is -0.405. The normalized spacial score (nSPS) is 12.0. The lowest BCUT2D eigenvalue weighted by Crippen LogP contribution is -2.38. The number of nitrogens with zero attached hydrogens (tertiary/aromatic N) is 3. The standard InChI is InChI=1S/C16H22N4O2/c1-13(21)7-9-19(2)16(22)18-11-14-5-3-4-6-15(14)20-10-8-17-12-20/h3-6,8,10,12-13,21H,7,9,11H2,1-2H3,(H,18,22). The van der Waals surface area contributed by atoms with Gasteiger partial charge in [-0.15, -0.1) is 0 Å². The van der Waals surface area contributed by atoms with Crippen molar-refractivity contribution < 1.29 is 9.90 Å². The van der Waals surface area contributed by atoms with Crippen LogP contribution in [0.3, 0.4) is 0 Å². The first kappa shape index (κ1) is 16.0. The van der Waals surface area contributed by atoms with Crippen LogP contribution in [0.15, 0.2) is 43.0 Å². The summed E-state index contributed by atoms with van der Waals surface area (Å²) in [4.78, 5) is 17.7. The number of para-hydroxylation sites is 1. The van der Waals surface area contributed by atoms with Crippen molar-refractivity contribution >= 4 is 6.03 Å². The van der Waals surface area contributed by atoms with E-state index in [0.717, 1.165) is 11.3 Å². The van der Waals surface area contributed by atoms with Gasteiger partial charge in [0.15, 0.2) is 0 Å². The first-order valence-electron chi connectivity index (χ1n) is 7.31. The van der Waals surface area contributed by atoms with Gasteiger partial charge in [0.1, 0.15) is 0 Å². The van der Waals surface area contributed by atoms with Crippen LogP contribution in [-0.2, 0) is 6.54 Å². The van der Waals surface area contributed by atoms with Crippen molar-refractivity contribution in [1.29, 1.82) is 0 Å². The summed E-state index contributed by atoms with van der Waals surface area (Å²) in [6.07, 6.45) is 5.48. The maximum Gasteiger partial charge on any atom is 0.317 e. The zero-order valence-corrected chi connectivity index (χ0v) is 12.9. The molecule has 0 aliphatic rings. The van der Waals surface area contributed by atoms with Gasteiger partial charge in [0, 0.05) is 32.5 Å². The summed E-state index contributed by atoms with van der Waals surface area (Å²) in [6.45, 7) is 2.67. The molecule has 22 heavy (non-hydrogen) atoms. The molecule has 1 atom stereocenters. The fraction of sp³-hybridized carbons (Fsp3) is 0.375. The number of nitrogens with one attached hydrogen (secondary N) is 1. The predicted octanol–water partition coefficient (Wildman–Crippen LogP) is 1.78. The lowest BCUT2D eigenvalue weighted by atomic mass is 10.1. The Morgan fingerprint density at radius 1 is 1.45 bits per heavy atom. The molecule has 0 spiro atoms. The number of urea groups is 1. The SMILES string of the molecule is CC(O)CCN(C)C(=O)NCc1ccccc1-n1ccnc1. The molecule has 2 aromatic rings. The van der Waals surface area contributed by atoms with Gasteiger partial charge in [0.05, 0.1) is 18.1 Å². The second-order valence-electron chi connectivity index (χ2n) is 5.32. The van der Waals surface area contributed by atoms with Crippen LogP contribution in [0.2, 0.25) is 0 Å². The quantitative estimate of drug-likeness (QED) is 0.854. The molecular weight excluding hydrogens is 280 g/mol. The molecule has 0 saturated heterocycles. The summed E-state index contributed by atoms with van der Waals surface area (Å²) in [5.41, 5.74) is 2.00. The number of aliphatic hydroxyl groups excluding tert-OH is 1. The lowest BCUT2D eigenvalue weighted by Gasteiger charge is -2.19. The molecule has 2 rings (SSSR count). The Labute approximate surface area is 130 Å². The van der Waals surface area contributed by atoms with Crippen molar-refractivity contribution in [2.75, 3.05) is 13.6 Å². The second kappa shape index (κ2) is 7.61. The number of benzene rings is 1. The Kier molecular flexibility index (Phi) is 5.55. The van der Waals surface area contributed by atoms with E-state index in [0.29, 0.717) is 19.5 Å². The van der Waals surface area contributed by atoms with E-state index in [2.05, 4.69) is 10.3 Å². The van der Waals surface area contributed by atoms with Crippen molar-refractivity contribution in [2.24, 2.45) is 0 Å². The van der Waals surface area contributed by atoms with E-state index >= 15 is 0 Å². The van der Waals surface area contributed by atoms with Crippen molar-refractivity contribution in [1.82, 2.24) is 19.8 Å². The summed E-state index contributed by atoms with van der Waals surface area (Å²) in [5, 5.41) is 12.2. The molecule has 0 radical (unpaired) electrons. The summed E-state index contributed by atoms with van der Waals surface area (Å²) < 4.78 is 1.92. The number of aromatic nitrogens is 2. The molecule has 0 fully saturated rings. The van der Waals surface area contributed by atoms with Crippen LogP contribution in [0.1, 0.15) is 18.9 Å². The van der Waals surface area contributed by atoms with Crippen molar-refractivity contribution in [3.63, 3.8) is 0 Å². The molecule has 2 N–H and O–H groups in total. The van der Waals surface area contributed by atoms with Crippen LogP contribution in [-0.4, -0.2) is 45.3 Å². The Balaban J connectivity index is 1.96. The van der Waals surface area contributed by atoms with Crippen molar-refractivity contribution in [3.05, 3.63) is 48.5 Å². The molecule has 2 amide bonds. The smallest absolute Gasteiger partial charge is 0.317 e. The molecule has 6 nitrogen and oxygen atoms in total. The molecule has 1 aromatic heterocycles. The van der Waals surface area contributed by atoms with Crippen molar-refractivity contribution in [2.45, 2.75) is 26.0 Å². The number of rotatable bonds is 6. The molecule has 0 aliphatic heterocycles. The maximum absolute atomic E-state index is 12.0. The van der Waals surface area contributed by atoms with Gasteiger partial charge in [-0.05, 0) is 25.0 Å². The number of amides is 2. The van der Waals surface area contributed by atoms with E-state index in [-0.39, 0.29) is 6.03 Å². The van der Waals surface area contributed by atoms with E-state index in [1.54, 1.807) is 31.4 Å². The minimum Gasteiger partial charge on any atom is -0.393 e. The monoisotopic (exact) mass is 302 g/mol. The third kappa shape index (κ3) is 4.33. The largest absolute Gasteiger partial charge is 0.393 e. The number of imidazole rings is 1. The predicted molar refractivity (Wildman–Crippen MR) is 84.7 cm³/mol. The van der Waals surface area contributed by atoms with Crippen LogP contribution >= 0.6 is 0 Å². The van der Waals surface area contributed by atoms with E-state index < -0.39 is 6.10 Å². The van der Waals surface area contributed by atoms with Gasteiger partial charge in [-0.2, -0.15) is 0 Å². The van der Waals surface area contributed by atoms with Gasteiger partial charge in [-0.3, -0.25) is 0 Å². The molecule has 1 aromatic carbocycles. The van der Waals surface area contributed by atoms with Crippen LogP contribution in [0, 0.1) is 0 Å². The number of carbonyl (C=O) groups is 1. The molecule has 0 aliphatic carbocycles. The van der Waals surface area contributed by atoms with Crippen LogP contribution in [0.4, 0.5) is 4.79 Å². The highest BCUT2D eigenvalue weighted by Crippen LogP contribution is 2.13. The molecular formula is C16H22N4O2. The number of aliphatic hydroxyl groups is 1. The molecule has 6 heteroatoms. The van der Waals surface area contributed by atoms with Gasteiger partial charge < -0.3 is 19.9 Å². The molecule has 1 unspecified atom stereocenters. The van der Waals surface area contributed by atoms with E-state index in [1.165, 1.54) is 0 Å². The van der Waals surface area contributed by atoms with Gasteiger partial charge in [-0.1, -0.05) is 18.2 Å². The number of carbonyl (C=O) groups excluding carboxylic acids is 1. The van der Waals surface area contributed by atoms with Crippen molar-refractivity contribution in [3.8, 4) is 5.69 Å². The Hall–Kier alpha value is -2.34. The van der Waals surface area contributed by atoms with Gasteiger partial charge >= 0.3 is 6.03 Å². The van der Waals surface area contributed by atoms with Crippen LogP contribution in [0.25, 0.3) is 5.69 Å². The van der Waals surface area contributed by atoms with E-state index in [1.807, 2.05) is 35.0 Å².